The molecule has 240 valence electrons. The third-order valence-corrected chi connectivity index (χ3v) is 6.78. The largest absolute Gasteiger partial charge is 0.384 e. The topological polar surface area (TPSA) is 141 Å². The molecule has 3 N–H and O–H groups in total. The molecule has 48 heavy (non-hydrogen) atoms. The molecular formula is C37H30ClN5O5. The first-order valence-corrected chi connectivity index (χ1v) is 14.3. The lowest BCUT2D eigenvalue weighted by Gasteiger charge is -2.10. The number of nitriles is 1. The van der Waals surface area contributed by atoms with E-state index in [9.17, 15) is 25.4 Å². The van der Waals surface area contributed by atoms with E-state index in [0.717, 1.165) is 5.56 Å². The maximum Gasteiger partial charge on any atom is 0.275 e. The van der Waals surface area contributed by atoms with Crippen molar-refractivity contribution < 1.29 is 20.2 Å². The molecule has 0 aliphatic heterocycles. The molecule has 0 fully saturated rings. The van der Waals surface area contributed by atoms with Gasteiger partial charge in [0, 0.05) is 53.1 Å². The van der Waals surface area contributed by atoms with Gasteiger partial charge in [-0.25, -0.2) is 19.7 Å². The van der Waals surface area contributed by atoms with E-state index < -0.39 is 41.4 Å². The Bertz CT molecular complexity index is 1780. The Hall–Kier alpha value is -6.13. The smallest absolute Gasteiger partial charge is 0.275 e. The number of hydrogen-bond donors (Lipinski definition) is 3. The van der Waals surface area contributed by atoms with Crippen LogP contribution >= 0.6 is 11.6 Å². The van der Waals surface area contributed by atoms with Crippen LogP contribution in [0.2, 0.25) is 5.02 Å². The summed E-state index contributed by atoms with van der Waals surface area (Å²) in [4.78, 5) is 19.9. The lowest BCUT2D eigenvalue weighted by Crippen LogP contribution is -2.14. The molecule has 0 saturated carbocycles. The van der Waals surface area contributed by atoms with E-state index in [1.54, 1.807) is 48.5 Å². The fourth-order valence-electron chi connectivity index (χ4n) is 4.05. The number of nitrogens with zero attached hydrogens (tertiary/aromatic N) is 5. The Balaban J connectivity index is 0.000000361. The van der Waals surface area contributed by atoms with Gasteiger partial charge in [-0.05, 0) is 60.7 Å². The third-order valence-electron chi connectivity index (χ3n) is 6.53. The number of non-ortho nitro benzene ring substituents is 1. The number of nitro benzene ring substituents is 1. The van der Waals surface area contributed by atoms with Crippen LogP contribution in [0.1, 0.15) is 59.6 Å². The van der Waals surface area contributed by atoms with Crippen LogP contribution in [-0.4, -0.2) is 38.6 Å². The number of hydrogen-bond acceptors (Lipinski definition) is 6. The second-order valence-electron chi connectivity index (χ2n) is 9.78. The number of terminal acetylenes is 3. The first-order chi connectivity index (χ1) is 23.0. The molecule has 11 heteroatoms. The van der Waals surface area contributed by atoms with Crippen molar-refractivity contribution in [1.29, 1.82) is 5.26 Å². The molecule has 10 nitrogen and oxygen atoms in total. The lowest BCUT2D eigenvalue weighted by atomic mass is 9.99. The highest BCUT2D eigenvalue weighted by molar-refractivity contribution is 6.30. The van der Waals surface area contributed by atoms with Crippen molar-refractivity contribution in [2.75, 3.05) is 0 Å². The van der Waals surface area contributed by atoms with Crippen LogP contribution in [0.5, 0.6) is 0 Å². The summed E-state index contributed by atoms with van der Waals surface area (Å²) in [5, 5.41) is 48.7. The summed E-state index contributed by atoms with van der Waals surface area (Å²) in [6.07, 6.45) is 13.0. The van der Waals surface area contributed by atoms with E-state index in [1.807, 2.05) is 6.07 Å². The molecule has 6 atom stereocenters. The average molecular weight is 660 g/mol. The molecule has 0 heterocycles. The minimum absolute atomic E-state index is 0.0519. The Morgan fingerprint density at radius 3 is 1.27 bits per heavy atom. The molecule has 0 aliphatic rings. The maximum atomic E-state index is 10.5. The molecule has 3 aromatic rings. The van der Waals surface area contributed by atoms with Crippen LogP contribution in [0.3, 0.4) is 0 Å². The van der Waals surface area contributed by atoms with Crippen LogP contribution < -0.4 is 0 Å². The Morgan fingerprint density at radius 1 is 0.688 bits per heavy atom. The first-order valence-electron chi connectivity index (χ1n) is 14.0. The van der Waals surface area contributed by atoms with Crippen LogP contribution in [0.25, 0.3) is 14.5 Å². The van der Waals surface area contributed by atoms with Gasteiger partial charge in [0.15, 0.2) is 0 Å². The van der Waals surface area contributed by atoms with Crippen LogP contribution in [0.4, 0.5) is 5.69 Å². The van der Waals surface area contributed by atoms with Crippen molar-refractivity contribution in [1.82, 2.24) is 0 Å². The van der Waals surface area contributed by atoms with Gasteiger partial charge in [-0.1, -0.05) is 11.6 Å². The molecule has 0 amide bonds. The maximum absolute atomic E-state index is 10.5. The van der Waals surface area contributed by atoms with Gasteiger partial charge in [0.25, 0.3) is 23.8 Å². The van der Waals surface area contributed by atoms with Crippen molar-refractivity contribution in [3.05, 3.63) is 144 Å². The second kappa shape index (κ2) is 21.6. The van der Waals surface area contributed by atoms with Gasteiger partial charge in [0.05, 0.1) is 16.6 Å². The van der Waals surface area contributed by atoms with E-state index in [2.05, 4.69) is 32.3 Å². The Kier molecular flexibility index (Phi) is 17.9. The van der Waals surface area contributed by atoms with Crippen LogP contribution in [0, 0.1) is 78.2 Å². The number of rotatable bonds is 10. The number of halogens is 1. The molecular weight excluding hydrogens is 630 g/mol. The zero-order chi connectivity index (χ0) is 36.1. The number of aliphatic hydroxyl groups is 3. The summed E-state index contributed by atoms with van der Waals surface area (Å²) in [7, 11) is 0. The molecule has 0 radical (unpaired) electrons. The average Bonchev–Trinajstić information content (AvgIpc) is 3.08. The predicted molar refractivity (Wildman–Crippen MR) is 182 cm³/mol. The summed E-state index contributed by atoms with van der Waals surface area (Å²) in [5.74, 6) is 6.95. The van der Waals surface area contributed by atoms with Gasteiger partial charge in [-0.2, -0.15) is 5.26 Å². The summed E-state index contributed by atoms with van der Waals surface area (Å²) in [6, 6.07) is 18.9. The minimum atomic E-state index is -0.959. The van der Waals surface area contributed by atoms with E-state index in [0.29, 0.717) is 21.7 Å². The molecule has 0 aliphatic carbocycles. The fourth-order valence-corrected chi connectivity index (χ4v) is 4.18. The van der Waals surface area contributed by atoms with Crippen molar-refractivity contribution >= 4 is 17.3 Å². The van der Waals surface area contributed by atoms with Gasteiger partial charge in [-0.15, -0.1) is 37.0 Å². The zero-order valence-corrected chi connectivity index (χ0v) is 26.3. The number of nitro groups is 1. The molecule has 3 rings (SSSR count). The fraction of sp³-hybridized carbons (Fsp3) is 0.243. The Labute approximate surface area is 285 Å². The van der Waals surface area contributed by atoms with Gasteiger partial charge in [0.1, 0.15) is 18.3 Å². The quantitative estimate of drug-likeness (QED) is 0.0979. The van der Waals surface area contributed by atoms with Crippen molar-refractivity contribution in [2.45, 2.75) is 55.7 Å². The summed E-state index contributed by atoms with van der Waals surface area (Å²) >= 11 is 5.73. The van der Waals surface area contributed by atoms with E-state index in [-0.39, 0.29) is 24.9 Å². The third kappa shape index (κ3) is 12.7. The number of benzene rings is 3. The van der Waals surface area contributed by atoms with E-state index in [1.165, 1.54) is 24.3 Å². The molecule has 0 aromatic heterocycles. The summed E-state index contributed by atoms with van der Waals surface area (Å²) in [6.45, 7) is 21.1. The van der Waals surface area contributed by atoms with Gasteiger partial charge in [-0.3, -0.25) is 10.1 Å². The lowest BCUT2D eigenvalue weighted by molar-refractivity contribution is -0.384. The van der Waals surface area contributed by atoms with Crippen molar-refractivity contribution in [3.8, 4) is 43.1 Å². The SMILES string of the molecule is [C-]#[N+]C(c1ccc(C#N)cc1)C(O)CC#C.[C-]#[N+]C(c1ccc(Cl)cc1)C(O)CC#C.[C-]#[N+]C(c1ccc([N+](=O)[O-])cc1)C(O)CC#C. The highest BCUT2D eigenvalue weighted by Gasteiger charge is 2.27. The second-order valence-corrected chi connectivity index (χ2v) is 10.2. The summed E-state index contributed by atoms with van der Waals surface area (Å²) in [5.41, 5.74) is 2.41. The highest BCUT2D eigenvalue weighted by atomic mass is 35.5. The minimum Gasteiger partial charge on any atom is -0.384 e. The Morgan fingerprint density at radius 2 is 1.00 bits per heavy atom. The number of aliphatic hydroxyl groups excluding tert-OH is 3. The van der Waals surface area contributed by atoms with Crippen molar-refractivity contribution in [3.63, 3.8) is 0 Å². The molecule has 0 saturated heterocycles. The summed E-state index contributed by atoms with van der Waals surface area (Å²) < 4.78 is 0. The van der Waals surface area contributed by atoms with E-state index in [4.69, 9.17) is 55.8 Å². The first kappa shape index (κ1) is 39.9. The van der Waals surface area contributed by atoms with Crippen LogP contribution in [0.15, 0.2) is 72.8 Å². The molecule has 3 aromatic carbocycles. The molecule has 6 unspecified atom stereocenters. The monoisotopic (exact) mass is 659 g/mol. The normalized spacial score (nSPS) is 13.2. The standard InChI is InChI=1S/C13H10N2O.C12H10ClNO.C12H10N2O3/c1-3-4-12(16)13(15-2)11-7-5-10(9-14)6-8-11;1-3-4-11(15)12(14-2)9-5-7-10(13)8-6-9;1-3-4-11(15)12(13-2)9-5-7-10(8-6-9)14(16)17/h1,5-8,12-13,16H,4H2;1,5-8,11-12,15H,4H2;1,5-8,11-12,15H,4H2. The van der Waals surface area contributed by atoms with Gasteiger partial charge < -0.3 is 29.9 Å². The van der Waals surface area contributed by atoms with Crippen molar-refractivity contribution in [2.24, 2.45) is 0 Å². The van der Waals surface area contributed by atoms with Gasteiger partial charge in [0.2, 0.25) is 0 Å². The van der Waals surface area contributed by atoms with Gasteiger partial charge >= 0.3 is 0 Å². The zero-order valence-electron chi connectivity index (χ0n) is 25.5. The van der Waals surface area contributed by atoms with Crippen LogP contribution in [-0.2, 0) is 0 Å². The highest BCUT2D eigenvalue weighted by Crippen LogP contribution is 2.26. The molecule has 0 bridgehead atoms. The molecule has 0 spiro atoms. The predicted octanol–water partition coefficient (Wildman–Crippen LogP) is 6.53. The van der Waals surface area contributed by atoms with E-state index >= 15 is 0 Å².